The van der Waals surface area contributed by atoms with E-state index < -0.39 is 0 Å². The Kier molecular flexibility index (Phi) is 4.04. The number of nitriles is 1. The summed E-state index contributed by atoms with van der Waals surface area (Å²) in [5.41, 5.74) is 1.10. The maximum atomic E-state index is 8.65. The molecule has 0 N–H and O–H groups in total. The van der Waals surface area contributed by atoms with Crippen molar-refractivity contribution in [3.05, 3.63) is 60.2 Å². The fourth-order valence-corrected chi connectivity index (χ4v) is 2.12. The van der Waals surface area contributed by atoms with Crippen LogP contribution >= 0.6 is 0 Å². The normalized spacial score (nSPS) is 14.3. The molecule has 4 nitrogen and oxygen atoms in total. The number of ether oxygens (including phenoxy) is 2. The van der Waals surface area contributed by atoms with Crippen LogP contribution in [-0.4, -0.2) is 24.1 Å². The summed E-state index contributed by atoms with van der Waals surface area (Å²) in [7, 11) is 0. The van der Waals surface area contributed by atoms with Crippen LogP contribution in [0.15, 0.2) is 54.6 Å². The first-order valence-electron chi connectivity index (χ1n) is 6.91. The molecule has 3 rings (SSSR count). The molecule has 106 valence electrons. The molecule has 1 aliphatic heterocycles. The molecule has 0 radical (unpaired) electrons. The minimum absolute atomic E-state index is 0.171. The van der Waals surface area contributed by atoms with Crippen molar-refractivity contribution in [1.29, 1.82) is 5.26 Å². The van der Waals surface area contributed by atoms with E-state index in [2.05, 4.69) is 6.19 Å². The lowest BCUT2D eigenvalue weighted by Gasteiger charge is -2.34. The highest BCUT2D eigenvalue weighted by Gasteiger charge is 2.26. The Hall–Kier alpha value is -2.51. The third-order valence-electron chi connectivity index (χ3n) is 3.38. The number of nitrogens with zero attached hydrogens (tertiary/aromatic N) is 2. The molecule has 0 bridgehead atoms. The van der Waals surface area contributed by atoms with Gasteiger partial charge in [0.05, 0.1) is 25.8 Å². The van der Waals surface area contributed by atoms with Gasteiger partial charge in [0, 0.05) is 0 Å². The molecule has 0 aliphatic carbocycles. The second-order valence-electron chi connectivity index (χ2n) is 5.00. The number of para-hydroxylation sites is 1. The molecule has 0 amide bonds. The molecule has 1 heterocycles. The molecule has 0 spiro atoms. The molecular weight excluding hydrogens is 264 g/mol. The fraction of sp³-hybridized carbons (Fsp3) is 0.235. The Morgan fingerprint density at radius 2 is 1.67 bits per heavy atom. The molecule has 1 aliphatic rings. The van der Waals surface area contributed by atoms with Gasteiger partial charge in [-0.25, -0.2) is 0 Å². The van der Waals surface area contributed by atoms with Crippen molar-refractivity contribution >= 4 is 0 Å². The van der Waals surface area contributed by atoms with Gasteiger partial charge in [-0.05, 0) is 29.8 Å². The smallest absolute Gasteiger partial charge is 0.179 e. The van der Waals surface area contributed by atoms with Gasteiger partial charge in [-0.1, -0.05) is 30.3 Å². The van der Waals surface area contributed by atoms with Crippen molar-refractivity contribution in [3.8, 4) is 17.7 Å². The van der Waals surface area contributed by atoms with Gasteiger partial charge >= 0.3 is 0 Å². The summed E-state index contributed by atoms with van der Waals surface area (Å²) in [4.78, 5) is 1.68. The third kappa shape index (κ3) is 3.53. The Balaban J connectivity index is 1.49. The van der Waals surface area contributed by atoms with Gasteiger partial charge in [0.15, 0.2) is 6.19 Å². The van der Waals surface area contributed by atoms with E-state index in [0.29, 0.717) is 19.7 Å². The van der Waals surface area contributed by atoms with Crippen LogP contribution in [0.2, 0.25) is 0 Å². The van der Waals surface area contributed by atoms with Crippen LogP contribution in [0.3, 0.4) is 0 Å². The summed E-state index contributed by atoms with van der Waals surface area (Å²) in [5.74, 6) is 1.64. The number of benzene rings is 2. The molecule has 0 aromatic heterocycles. The van der Waals surface area contributed by atoms with Gasteiger partial charge in [-0.3, -0.25) is 0 Å². The second kappa shape index (κ2) is 6.29. The maximum Gasteiger partial charge on any atom is 0.179 e. The average Bonchev–Trinajstić information content (AvgIpc) is 2.49. The molecule has 0 saturated carbocycles. The van der Waals surface area contributed by atoms with Crippen molar-refractivity contribution in [2.24, 2.45) is 0 Å². The molecule has 0 atom stereocenters. The molecule has 2 aromatic rings. The van der Waals surface area contributed by atoms with Crippen molar-refractivity contribution in [2.45, 2.75) is 12.7 Å². The summed E-state index contributed by atoms with van der Waals surface area (Å²) >= 11 is 0. The van der Waals surface area contributed by atoms with Crippen molar-refractivity contribution in [3.63, 3.8) is 0 Å². The lowest BCUT2D eigenvalue weighted by molar-refractivity contribution is -0.0400. The van der Waals surface area contributed by atoms with E-state index >= 15 is 0 Å². The lowest BCUT2D eigenvalue weighted by Crippen LogP contribution is -2.49. The quantitative estimate of drug-likeness (QED) is 0.789. The highest BCUT2D eigenvalue weighted by molar-refractivity contribution is 5.32. The number of hydrogen-bond donors (Lipinski definition) is 0. The van der Waals surface area contributed by atoms with Gasteiger partial charge in [0.2, 0.25) is 0 Å². The minimum atomic E-state index is 0.171. The summed E-state index contributed by atoms with van der Waals surface area (Å²) in [5, 5.41) is 8.65. The number of hydrogen-bond acceptors (Lipinski definition) is 4. The minimum Gasteiger partial charge on any atom is -0.457 e. The number of likely N-dealkylation sites (tertiary alicyclic amines) is 1. The first-order valence-corrected chi connectivity index (χ1v) is 6.91. The zero-order chi connectivity index (χ0) is 14.5. The highest BCUT2D eigenvalue weighted by Crippen LogP contribution is 2.21. The summed E-state index contributed by atoms with van der Waals surface area (Å²) in [6.07, 6.45) is 2.27. The van der Waals surface area contributed by atoms with E-state index in [1.165, 1.54) is 0 Å². The molecule has 2 aromatic carbocycles. The topological polar surface area (TPSA) is 45.5 Å². The molecule has 4 heteroatoms. The summed E-state index contributed by atoms with van der Waals surface area (Å²) < 4.78 is 11.5. The molecule has 21 heavy (non-hydrogen) atoms. The molecule has 1 fully saturated rings. The Labute approximate surface area is 124 Å². The Bertz CT molecular complexity index is 613. The molecular formula is C17H16N2O2. The fourth-order valence-electron chi connectivity index (χ4n) is 2.12. The van der Waals surface area contributed by atoms with E-state index in [9.17, 15) is 0 Å². The van der Waals surface area contributed by atoms with Gasteiger partial charge < -0.3 is 14.4 Å². The lowest BCUT2D eigenvalue weighted by atomic mass is 10.2. The Morgan fingerprint density at radius 3 is 2.33 bits per heavy atom. The van der Waals surface area contributed by atoms with Gasteiger partial charge in [0.1, 0.15) is 11.5 Å². The number of rotatable bonds is 5. The predicted octanol–water partition coefficient (Wildman–Crippen LogP) is 3.16. The standard InChI is InChI=1S/C17H16N2O2/c18-13-19-10-17(11-19)20-12-14-6-8-16(9-7-14)21-15-4-2-1-3-5-15/h1-9,17H,10-12H2. The average molecular weight is 280 g/mol. The zero-order valence-corrected chi connectivity index (χ0v) is 11.6. The van der Waals surface area contributed by atoms with Crippen LogP contribution in [0.25, 0.3) is 0 Å². The molecule has 0 unspecified atom stereocenters. The summed E-state index contributed by atoms with van der Waals surface area (Å²) in [6.45, 7) is 1.97. The predicted molar refractivity (Wildman–Crippen MR) is 78.7 cm³/mol. The van der Waals surface area contributed by atoms with E-state index in [1.54, 1.807) is 4.90 Å². The Morgan fingerprint density at radius 1 is 1.00 bits per heavy atom. The van der Waals surface area contributed by atoms with Gasteiger partial charge in [0.25, 0.3) is 0 Å². The van der Waals surface area contributed by atoms with E-state index in [-0.39, 0.29) is 6.10 Å². The third-order valence-corrected chi connectivity index (χ3v) is 3.38. The van der Waals surface area contributed by atoms with Crippen LogP contribution < -0.4 is 4.74 Å². The van der Waals surface area contributed by atoms with Crippen molar-refractivity contribution < 1.29 is 9.47 Å². The van der Waals surface area contributed by atoms with Crippen molar-refractivity contribution in [2.75, 3.05) is 13.1 Å². The van der Waals surface area contributed by atoms with E-state index in [0.717, 1.165) is 17.1 Å². The second-order valence-corrected chi connectivity index (χ2v) is 5.00. The van der Waals surface area contributed by atoms with Crippen LogP contribution in [0.4, 0.5) is 0 Å². The summed E-state index contributed by atoms with van der Waals surface area (Å²) in [6, 6.07) is 17.6. The maximum absolute atomic E-state index is 8.65. The van der Waals surface area contributed by atoms with Gasteiger partial charge in [-0.15, -0.1) is 0 Å². The van der Waals surface area contributed by atoms with Crippen LogP contribution in [0.5, 0.6) is 11.5 Å². The van der Waals surface area contributed by atoms with Gasteiger partial charge in [-0.2, -0.15) is 5.26 Å². The van der Waals surface area contributed by atoms with Crippen LogP contribution in [-0.2, 0) is 11.3 Å². The zero-order valence-electron chi connectivity index (χ0n) is 11.6. The van der Waals surface area contributed by atoms with E-state index in [4.69, 9.17) is 14.7 Å². The first kappa shape index (κ1) is 13.5. The molecule has 1 saturated heterocycles. The van der Waals surface area contributed by atoms with Crippen LogP contribution in [0.1, 0.15) is 5.56 Å². The highest BCUT2D eigenvalue weighted by atomic mass is 16.5. The largest absolute Gasteiger partial charge is 0.457 e. The monoisotopic (exact) mass is 280 g/mol. The van der Waals surface area contributed by atoms with E-state index in [1.807, 2.05) is 54.6 Å². The SMILES string of the molecule is N#CN1CC(OCc2ccc(Oc3ccccc3)cc2)C1. The van der Waals surface area contributed by atoms with Crippen LogP contribution in [0, 0.1) is 11.5 Å². The van der Waals surface area contributed by atoms with Crippen molar-refractivity contribution in [1.82, 2.24) is 4.90 Å². The first-order chi connectivity index (χ1) is 10.3.